The Kier molecular flexibility index (Phi) is 6.86. The van der Waals surface area contributed by atoms with E-state index in [1.165, 1.54) is 18.4 Å². The van der Waals surface area contributed by atoms with Crippen LogP contribution in [-0.2, 0) is 25.8 Å². The van der Waals surface area contributed by atoms with Gasteiger partial charge in [-0.2, -0.15) is 0 Å². The number of halogens is 1. The van der Waals surface area contributed by atoms with E-state index in [1.807, 2.05) is 6.07 Å². The zero-order chi connectivity index (χ0) is 22.0. The Hall–Kier alpha value is -1.67. The van der Waals surface area contributed by atoms with Gasteiger partial charge < -0.3 is 10.2 Å². The molecule has 0 atom stereocenters. The van der Waals surface area contributed by atoms with Gasteiger partial charge in [0.25, 0.3) is 0 Å². The molecular formula is C23H29BrN2O4S. The van der Waals surface area contributed by atoms with E-state index < -0.39 is 9.84 Å². The van der Waals surface area contributed by atoms with Crippen LogP contribution in [0.3, 0.4) is 0 Å². The summed E-state index contributed by atoms with van der Waals surface area (Å²) in [5.41, 5.74) is 2.76. The number of hydrogen-bond acceptors (Lipinski definition) is 4. The van der Waals surface area contributed by atoms with E-state index in [2.05, 4.69) is 27.3 Å². The van der Waals surface area contributed by atoms with Crippen LogP contribution in [-0.4, -0.2) is 39.1 Å². The molecule has 1 aliphatic heterocycles. The molecule has 1 aromatic rings. The van der Waals surface area contributed by atoms with Gasteiger partial charge in [0.15, 0.2) is 9.84 Å². The van der Waals surface area contributed by atoms with Crippen molar-refractivity contribution in [3.05, 3.63) is 33.8 Å². The fraction of sp³-hybridized carbons (Fsp3) is 0.565. The number of anilines is 1. The molecule has 1 aromatic carbocycles. The summed E-state index contributed by atoms with van der Waals surface area (Å²) in [6, 6.07) is 3.46. The molecule has 4 rings (SSSR count). The van der Waals surface area contributed by atoms with E-state index >= 15 is 0 Å². The molecule has 3 aliphatic rings. The minimum absolute atomic E-state index is 0.0206. The van der Waals surface area contributed by atoms with Crippen LogP contribution in [0.25, 0.3) is 0 Å². The lowest BCUT2D eigenvalue weighted by Crippen LogP contribution is -2.31. The molecule has 1 heterocycles. The molecule has 0 aromatic heterocycles. The Morgan fingerprint density at radius 3 is 2.68 bits per heavy atom. The first-order chi connectivity index (χ1) is 14.8. The van der Waals surface area contributed by atoms with E-state index in [-0.39, 0.29) is 34.8 Å². The second kappa shape index (κ2) is 9.45. The fourth-order valence-corrected chi connectivity index (χ4v) is 6.57. The molecule has 2 amide bonds. The maximum absolute atomic E-state index is 13.2. The van der Waals surface area contributed by atoms with Crippen molar-refractivity contribution in [1.29, 1.82) is 0 Å². The third-order valence-corrected chi connectivity index (χ3v) is 8.45. The second-order valence-corrected chi connectivity index (χ2v) is 11.7. The average molecular weight is 509 g/mol. The number of nitrogens with one attached hydrogen (secondary N) is 1. The maximum atomic E-state index is 13.2. The van der Waals surface area contributed by atoms with Crippen LogP contribution < -0.4 is 10.2 Å². The first kappa shape index (κ1) is 22.5. The standard InChI is InChI=1S/C23H29BrN2O4S/c24-19-14-18-9-12-26(23(28)17-6-7-17)22(18)20(15-19)31(29,30)13-10-21(27)25-11-8-16-4-2-1-3-5-16/h4,14-15,17H,1-3,5-13H2,(H,25,27). The highest BCUT2D eigenvalue weighted by atomic mass is 79.9. The Bertz CT molecular complexity index is 1010. The van der Waals surface area contributed by atoms with Gasteiger partial charge in [-0.1, -0.05) is 27.6 Å². The zero-order valence-corrected chi connectivity index (χ0v) is 20.1. The number of amides is 2. The van der Waals surface area contributed by atoms with E-state index in [9.17, 15) is 18.0 Å². The predicted octanol–water partition coefficient (Wildman–Crippen LogP) is 3.92. The number of carbonyl (C=O) groups excluding carboxylic acids is 2. The summed E-state index contributed by atoms with van der Waals surface area (Å²) in [5, 5.41) is 2.85. The topological polar surface area (TPSA) is 83.6 Å². The summed E-state index contributed by atoms with van der Waals surface area (Å²) in [7, 11) is -3.72. The molecule has 0 unspecified atom stereocenters. The normalized spacial score (nSPS) is 18.5. The molecule has 0 radical (unpaired) electrons. The summed E-state index contributed by atoms with van der Waals surface area (Å²) in [6.07, 6.45) is 10.0. The number of fused-ring (bicyclic) bond motifs is 1. The van der Waals surface area contributed by atoms with Gasteiger partial charge in [0.05, 0.1) is 16.3 Å². The third kappa shape index (κ3) is 5.40. The van der Waals surface area contributed by atoms with Crippen molar-refractivity contribution in [2.75, 3.05) is 23.7 Å². The van der Waals surface area contributed by atoms with Crippen molar-refractivity contribution in [1.82, 2.24) is 5.32 Å². The molecular weight excluding hydrogens is 480 g/mol. The highest BCUT2D eigenvalue weighted by molar-refractivity contribution is 9.10. The summed E-state index contributed by atoms with van der Waals surface area (Å²) in [6.45, 7) is 1.06. The second-order valence-electron chi connectivity index (χ2n) is 8.70. The van der Waals surface area contributed by atoms with Crippen LogP contribution in [0.1, 0.15) is 56.9 Å². The molecule has 0 saturated heterocycles. The zero-order valence-electron chi connectivity index (χ0n) is 17.7. The van der Waals surface area contributed by atoms with Crippen LogP contribution >= 0.6 is 15.9 Å². The minimum atomic E-state index is -3.72. The summed E-state index contributed by atoms with van der Waals surface area (Å²) in [5.74, 6) is -0.476. The van der Waals surface area contributed by atoms with Gasteiger partial charge >= 0.3 is 0 Å². The first-order valence-corrected chi connectivity index (χ1v) is 13.6. The number of benzene rings is 1. The van der Waals surface area contributed by atoms with E-state index in [0.717, 1.165) is 37.7 Å². The molecule has 6 nitrogen and oxygen atoms in total. The van der Waals surface area contributed by atoms with Crippen molar-refractivity contribution in [2.45, 2.75) is 62.7 Å². The molecule has 1 fully saturated rings. The molecule has 2 aliphatic carbocycles. The maximum Gasteiger partial charge on any atom is 0.230 e. The smallest absolute Gasteiger partial charge is 0.230 e. The Balaban J connectivity index is 1.41. The van der Waals surface area contributed by atoms with Gasteiger partial charge in [-0.3, -0.25) is 9.59 Å². The molecule has 31 heavy (non-hydrogen) atoms. The van der Waals surface area contributed by atoms with Crippen molar-refractivity contribution in [3.63, 3.8) is 0 Å². The highest BCUT2D eigenvalue weighted by Gasteiger charge is 2.39. The third-order valence-electron chi connectivity index (χ3n) is 6.27. The molecule has 168 valence electrons. The van der Waals surface area contributed by atoms with Crippen LogP contribution in [0.5, 0.6) is 0 Å². The Labute approximate surface area is 192 Å². The number of rotatable bonds is 8. The molecule has 8 heteroatoms. The van der Waals surface area contributed by atoms with Gasteiger partial charge in [0, 0.05) is 29.9 Å². The van der Waals surface area contributed by atoms with Crippen molar-refractivity contribution >= 4 is 43.3 Å². The van der Waals surface area contributed by atoms with Gasteiger partial charge in [-0.15, -0.1) is 0 Å². The minimum Gasteiger partial charge on any atom is -0.356 e. The molecule has 0 bridgehead atoms. The van der Waals surface area contributed by atoms with Crippen LogP contribution in [0.15, 0.2) is 33.2 Å². The lowest BCUT2D eigenvalue weighted by atomic mass is 9.97. The lowest BCUT2D eigenvalue weighted by molar-refractivity contribution is -0.121. The quantitative estimate of drug-likeness (QED) is 0.539. The monoisotopic (exact) mass is 508 g/mol. The number of hydrogen-bond donors (Lipinski definition) is 1. The SMILES string of the molecule is O=C(CCS(=O)(=O)c1cc(Br)cc2c1N(C(=O)C1CC1)CC2)NCCC1=CCCCC1. The number of sulfone groups is 1. The van der Waals surface area contributed by atoms with Crippen LogP contribution in [0.4, 0.5) is 5.69 Å². The van der Waals surface area contributed by atoms with Crippen molar-refractivity contribution in [2.24, 2.45) is 5.92 Å². The lowest BCUT2D eigenvalue weighted by Gasteiger charge is -2.21. The average Bonchev–Trinajstić information content (AvgIpc) is 3.52. The predicted molar refractivity (Wildman–Crippen MR) is 124 cm³/mol. The highest BCUT2D eigenvalue weighted by Crippen LogP contribution is 2.41. The largest absolute Gasteiger partial charge is 0.356 e. The molecule has 0 spiro atoms. The Morgan fingerprint density at radius 2 is 1.97 bits per heavy atom. The Morgan fingerprint density at radius 1 is 1.16 bits per heavy atom. The first-order valence-electron chi connectivity index (χ1n) is 11.2. The van der Waals surface area contributed by atoms with Crippen LogP contribution in [0, 0.1) is 5.92 Å². The van der Waals surface area contributed by atoms with E-state index in [0.29, 0.717) is 29.7 Å². The van der Waals surface area contributed by atoms with Crippen LogP contribution in [0.2, 0.25) is 0 Å². The summed E-state index contributed by atoms with van der Waals surface area (Å²) in [4.78, 5) is 26.8. The number of carbonyl (C=O) groups is 2. The van der Waals surface area contributed by atoms with Crippen molar-refractivity contribution in [3.8, 4) is 0 Å². The fourth-order valence-electron chi connectivity index (χ4n) is 4.40. The van der Waals surface area contributed by atoms with E-state index in [1.54, 1.807) is 11.0 Å². The molecule has 1 saturated carbocycles. The number of allylic oxidation sites excluding steroid dienone is 1. The van der Waals surface area contributed by atoms with Gasteiger partial charge in [-0.05, 0) is 69.1 Å². The molecule has 1 N–H and O–H groups in total. The van der Waals surface area contributed by atoms with Gasteiger partial charge in [0.2, 0.25) is 11.8 Å². The van der Waals surface area contributed by atoms with Gasteiger partial charge in [0.1, 0.15) is 0 Å². The van der Waals surface area contributed by atoms with E-state index in [4.69, 9.17) is 0 Å². The van der Waals surface area contributed by atoms with Crippen molar-refractivity contribution < 1.29 is 18.0 Å². The summed E-state index contributed by atoms with van der Waals surface area (Å²) < 4.78 is 27.0. The summed E-state index contributed by atoms with van der Waals surface area (Å²) >= 11 is 3.41. The number of nitrogens with zero attached hydrogens (tertiary/aromatic N) is 1. The van der Waals surface area contributed by atoms with Gasteiger partial charge in [-0.25, -0.2) is 8.42 Å².